The van der Waals surface area contributed by atoms with E-state index in [1.807, 2.05) is 36.5 Å². The standard InChI is InChI=1S/C24H27FN8O/c1-31-16-21(29-30-31)17-2-3-19-15-27-22(13-20(19)12-17)28-24(34)18-4-6-26-23(14-18)33-10-8-32(7-5-25)9-11-33/h2-4,6,12-16,29-30H,5,7-11H2,1H3,(H,27,28,34). The molecule has 176 valence electrons. The quantitative estimate of drug-likeness (QED) is 0.514. The van der Waals surface area contributed by atoms with Crippen LogP contribution in [0.2, 0.25) is 0 Å². The predicted octanol–water partition coefficient (Wildman–Crippen LogP) is 2.23. The lowest BCUT2D eigenvalue weighted by atomic mass is 10.1. The summed E-state index contributed by atoms with van der Waals surface area (Å²) in [5, 5.41) is 6.70. The SMILES string of the molecule is CN1C=C(c2ccc3cnc(NC(=O)c4ccnc(N5CCN(CCF)CC5)c4)cc3c2)NN1. The molecule has 9 nitrogen and oxygen atoms in total. The normalized spacial score (nSPS) is 16.5. The van der Waals surface area contributed by atoms with Crippen molar-refractivity contribution in [2.45, 2.75) is 0 Å². The highest BCUT2D eigenvalue weighted by Crippen LogP contribution is 2.23. The van der Waals surface area contributed by atoms with Crippen molar-refractivity contribution in [3.05, 3.63) is 66.1 Å². The summed E-state index contributed by atoms with van der Waals surface area (Å²) in [5.41, 5.74) is 8.62. The molecule has 5 rings (SSSR count). The van der Waals surface area contributed by atoms with Crippen molar-refractivity contribution < 1.29 is 9.18 Å². The minimum absolute atomic E-state index is 0.242. The molecule has 0 bridgehead atoms. The molecule has 1 aromatic carbocycles. The van der Waals surface area contributed by atoms with Gasteiger partial charge in [0.15, 0.2) is 0 Å². The van der Waals surface area contributed by atoms with Crippen LogP contribution in [0.3, 0.4) is 0 Å². The molecule has 2 aliphatic rings. The van der Waals surface area contributed by atoms with Gasteiger partial charge in [0.2, 0.25) is 0 Å². The van der Waals surface area contributed by atoms with Crippen molar-refractivity contribution in [1.82, 2.24) is 30.8 Å². The van der Waals surface area contributed by atoms with Crippen LogP contribution in [-0.2, 0) is 0 Å². The molecule has 0 radical (unpaired) electrons. The Kier molecular flexibility index (Phi) is 6.24. The van der Waals surface area contributed by atoms with E-state index in [-0.39, 0.29) is 12.6 Å². The van der Waals surface area contributed by atoms with Crippen LogP contribution in [0.15, 0.2) is 55.0 Å². The molecule has 1 amide bonds. The molecule has 3 aromatic rings. The molecule has 3 N–H and O–H groups in total. The van der Waals surface area contributed by atoms with Gasteiger partial charge in [0.1, 0.15) is 18.3 Å². The van der Waals surface area contributed by atoms with E-state index >= 15 is 0 Å². The number of carbonyl (C=O) groups is 1. The number of hydrogen-bond acceptors (Lipinski definition) is 8. The van der Waals surface area contributed by atoms with E-state index in [1.165, 1.54) is 0 Å². The van der Waals surface area contributed by atoms with E-state index in [0.29, 0.717) is 17.9 Å². The third-order valence-corrected chi connectivity index (χ3v) is 6.07. The highest BCUT2D eigenvalue weighted by Gasteiger charge is 2.19. The number of fused-ring (bicyclic) bond motifs is 1. The van der Waals surface area contributed by atoms with Gasteiger partial charge in [-0.2, -0.15) is 0 Å². The van der Waals surface area contributed by atoms with Gasteiger partial charge in [-0.1, -0.05) is 12.1 Å². The molecule has 4 heterocycles. The maximum Gasteiger partial charge on any atom is 0.257 e. The smallest absolute Gasteiger partial charge is 0.257 e. The molecule has 0 unspecified atom stereocenters. The topological polar surface area (TPSA) is 88.7 Å². The number of hydrogen-bond donors (Lipinski definition) is 3. The fourth-order valence-electron chi connectivity index (χ4n) is 4.17. The zero-order chi connectivity index (χ0) is 23.5. The summed E-state index contributed by atoms with van der Waals surface area (Å²) in [7, 11) is 1.91. The highest BCUT2D eigenvalue weighted by atomic mass is 19.1. The lowest BCUT2D eigenvalue weighted by Crippen LogP contribution is -2.47. The van der Waals surface area contributed by atoms with Crippen LogP contribution in [0, 0.1) is 0 Å². The van der Waals surface area contributed by atoms with Gasteiger partial charge in [0.25, 0.3) is 5.91 Å². The number of piperazine rings is 1. The van der Waals surface area contributed by atoms with Crippen LogP contribution in [0.25, 0.3) is 16.5 Å². The fraction of sp³-hybridized carbons (Fsp3) is 0.292. The summed E-state index contributed by atoms with van der Waals surface area (Å²) in [6.07, 6.45) is 5.36. The Morgan fingerprint density at radius 2 is 1.94 bits per heavy atom. The number of amides is 1. The third-order valence-electron chi connectivity index (χ3n) is 6.07. The molecule has 0 aliphatic carbocycles. The van der Waals surface area contributed by atoms with Gasteiger partial charge in [-0.15, -0.1) is 5.53 Å². The first-order valence-electron chi connectivity index (χ1n) is 11.3. The minimum Gasteiger partial charge on any atom is -0.354 e. The maximum atomic E-state index is 13.0. The van der Waals surface area contributed by atoms with Gasteiger partial charge in [-0.3, -0.25) is 14.7 Å². The number of alkyl halides is 1. The van der Waals surface area contributed by atoms with E-state index < -0.39 is 0 Å². The average Bonchev–Trinajstić information content (AvgIpc) is 3.30. The Hall–Kier alpha value is -3.76. The third kappa shape index (κ3) is 4.78. The maximum absolute atomic E-state index is 13.0. The van der Waals surface area contributed by atoms with Crippen LogP contribution in [-0.4, -0.2) is 72.2 Å². The summed E-state index contributed by atoms with van der Waals surface area (Å²) < 4.78 is 12.6. The molecule has 2 aromatic heterocycles. The molecule has 1 fully saturated rings. The number of benzene rings is 1. The Balaban J connectivity index is 1.30. The summed E-state index contributed by atoms with van der Waals surface area (Å²) in [5.74, 6) is 0.991. The molecule has 0 spiro atoms. The van der Waals surface area contributed by atoms with Crippen molar-refractivity contribution in [1.29, 1.82) is 0 Å². The summed E-state index contributed by atoms with van der Waals surface area (Å²) >= 11 is 0. The minimum atomic E-state index is -0.332. The first-order valence-corrected chi connectivity index (χ1v) is 11.3. The van der Waals surface area contributed by atoms with Crippen LogP contribution in [0.1, 0.15) is 15.9 Å². The number of aromatic nitrogens is 2. The van der Waals surface area contributed by atoms with Crippen molar-refractivity contribution in [3.63, 3.8) is 0 Å². The number of nitrogens with one attached hydrogen (secondary N) is 3. The van der Waals surface area contributed by atoms with Crippen LogP contribution < -0.4 is 21.2 Å². The number of nitrogens with zero attached hydrogens (tertiary/aromatic N) is 5. The Bertz CT molecular complexity index is 1220. The van der Waals surface area contributed by atoms with E-state index in [9.17, 15) is 9.18 Å². The Labute approximate surface area is 197 Å². The molecular formula is C24H27FN8O. The van der Waals surface area contributed by atoms with E-state index in [4.69, 9.17) is 0 Å². The van der Waals surface area contributed by atoms with Crippen LogP contribution >= 0.6 is 0 Å². The first kappa shape index (κ1) is 22.1. The van der Waals surface area contributed by atoms with Gasteiger partial charge in [-0.25, -0.2) is 14.4 Å². The summed E-state index contributed by atoms with van der Waals surface area (Å²) in [4.78, 5) is 26.0. The second-order valence-corrected chi connectivity index (χ2v) is 8.40. The number of halogens is 1. The molecule has 10 heteroatoms. The van der Waals surface area contributed by atoms with E-state index in [1.54, 1.807) is 24.5 Å². The number of pyridine rings is 2. The molecule has 34 heavy (non-hydrogen) atoms. The van der Waals surface area contributed by atoms with Gasteiger partial charge < -0.3 is 15.6 Å². The molecule has 0 saturated carbocycles. The van der Waals surface area contributed by atoms with E-state index in [2.05, 4.69) is 42.1 Å². The van der Waals surface area contributed by atoms with Gasteiger partial charge >= 0.3 is 0 Å². The number of hydrazine groups is 2. The second kappa shape index (κ2) is 9.62. The Morgan fingerprint density at radius 3 is 2.71 bits per heavy atom. The zero-order valence-corrected chi connectivity index (χ0v) is 19.0. The zero-order valence-electron chi connectivity index (χ0n) is 19.0. The molecule has 0 atom stereocenters. The summed E-state index contributed by atoms with van der Waals surface area (Å²) in [6.45, 7) is 3.20. The number of rotatable bonds is 6. The number of carbonyl (C=O) groups excluding carboxylic acids is 1. The molecule has 1 saturated heterocycles. The van der Waals surface area contributed by atoms with Gasteiger partial charge in [0.05, 0.1) is 5.70 Å². The predicted molar refractivity (Wildman–Crippen MR) is 131 cm³/mol. The van der Waals surface area contributed by atoms with Crippen LogP contribution in [0.5, 0.6) is 0 Å². The monoisotopic (exact) mass is 462 g/mol. The lowest BCUT2D eigenvalue weighted by Gasteiger charge is -2.35. The Morgan fingerprint density at radius 1 is 1.09 bits per heavy atom. The second-order valence-electron chi connectivity index (χ2n) is 8.40. The summed E-state index contributed by atoms with van der Waals surface area (Å²) in [6, 6.07) is 11.4. The molecular weight excluding hydrogens is 435 g/mol. The fourth-order valence-corrected chi connectivity index (χ4v) is 4.17. The van der Waals surface area contributed by atoms with Gasteiger partial charge in [-0.05, 0) is 29.7 Å². The van der Waals surface area contributed by atoms with Crippen molar-refractivity contribution in [2.24, 2.45) is 0 Å². The largest absolute Gasteiger partial charge is 0.354 e. The molecule has 2 aliphatic heterocycles. The van der Waals surface area contributed by atoms with Crippen molar-refractivity contribution in [2.75, 3.05) is 56.7 Å². The average molecular weight is 463 g/mol. The number of anilines is 2. The van der Waals surface area contributed by atoms with Crippen LogP contribution in [0.4, 0.5) is 16.0 Å². The van der Waals surface area contributed by atoms with Gasteiger partial charge in [0, 0.05) is 74.9 Å². The van der Waals surface area contributed by atoms with Crippen molar-refractivity contribution >= 4 is 34.0 Å². The first-order chi connectivity index (χ1) is 16.6. The highest BCUT2D eigenvalue weighted by molar-refractivity contribution is 6.05. The van der Waals surface area contributed by atoms with Crippen molar-refractivity contribution in [3.8, 4) is 0 Å². The lowest BCUT2D eigenvalue weighted by molar-refractivity contribution is 0.102. The van der Waals surface area contributed by atoms with E-state index in [0.717, 1.165) is 54.0 Å².